The highest BCUT2D eigenvalue weighted by Crippen LogP contribution is 2.40. The average molecular weight is 290 g/mol. The first-order valence-electron chi connectivity index (χ1n) is 6.64. The van der Waals surface area contributed by atoms with Gasteiger partial charge in [-0.15, -0.1) is 12.8 Å². The van der Waals surface area contributed by atoms with Crippen LogP contribution in [0.2, 0.25) is 0 Å². The van der Waals surface area contributed by atoms with Gasteiger partial charge in [0.05, 0.1) is 13.0 Å². The molecule has 0 radical (unpaired) electrons. The molecule has 0 saturated carbocycles. The van der Waals surface area contributed by atoms with Crippen molar-refractivity contribution in [3.8, 4) is 12.8 Å². The van der Waals surface area contributed by atoms with Crippen molar-refractivity contribution >= 4 is 5.97 Å². The number of ether oxygens (including phenoxy) is 3. The van der Waals surface area contributed by atoms with Gasteiger partial charge in [0.15, 0.2) is 12.4 Å². The molecule has 5 nitrogen and oxygen atoms in total. The number of hydrogen-bond donors (Lipinski definition) is 1. The lowest BCUT2D eigenvalue weighted by Gasteiger charge is -2.23. The Kier molecular flexibility index (Phi) is 4.63. The fraction of sp³-hybridized carbons (Fsp3) is 0.438. The van der Waals surface area contributed by atoms with Crippen molar-refractivity contribution in [2.45, 2.75) is 37.4 Å². The zero-order valence-corrected chi connectivity index (χ0v) is 11.8. The first-order chi connectivity index (χ1) is 10.1. The molecular formula is C16H18O5. The number of aliphatic hydroxyl groups is 1. The predicted molar refractivity (Wildman–Crippen MR) is 75.0 cm³/mol. The summed E-state index contributed by atoms with van der Waals surface area (Å²) >= 11 is 0. The standard InChI is InChI=1S/C14H16O5.C2H2/c1-14-7-11(15)19-12(14)10(8-17-14)18-13(16)9-5-3-2-4-6-9;1-2/h2-6,10,12-13,16H,7-8H2,1H3;1-2H/t10-,12+,13?,14+;/m0./s1. The Morgan fingerprint density at radius 1 is 1.38 bits per heavy atom. The third-order valence-electron chi connectivity index (χ3n) is 3.66. The van der Waals surface area contributed by atoms with Crippen LogP contribution in [0.4, 0.5) is 0 Å². The second kappa shape index (κ2) is 6.27. The first-order valence-corrected chi connectivity index (χ1v) is 6.64. The molecule has 21 heavy (non-hydrogen) atoms. The normalized spacial score (nSPS) is 31.7. The molecule has 0 bridgehead atoms. The van der Waals surface area contributed by atoms with E-state index in [0.29, 0.717) is 12.2 Å². The maximum absolute atomic E-state index is 11.3. The van der Waals surface area contributed by atoms with Crippen LogP contribution >= 0.6 is 0 Å². The summed E-state index contributed by atoms with van der Waals surface area (Å²) in [6.07, 6.45) is 6.31. The number of hydrogen-bond acceptors (Lipinski definition) is 5. The minimum atomic E-state index is -1.04. The molecule has 5 heteroatoms. The highest BCUT2D eigenvalue weighted by molar-refractivity contribution is 5.74. The molecule has 0 amide bonds. The van der Waals surface area contributed by atoms with Crippen LogP contribution in [0.5, 0.6) is 0 Å². The van der Waals surface area contributed by atoms with Gasteiger partial charge in [0, 0.05) is 5.56 Å². The second-order valence-corrected chi connectivity index (χ2v) is 5.15. The maximum Gasteiger partial charge on any atom is 0.309 e. The van der Waals surface area contributed by atoms with E-state index in [1.54, 1.807) is 12.1 Å². The molecule has 2 fully saturated rings. The van der Waals surface area contributed by atoms with Gasteiger partial charge in [0.2, 0.25) is 0 Å². The number of esters is 1. The third-order valence-corrected chi connectivity index (χ3v) is 3.66. The van der Waals surface area contributed by atoms with Gasteiger partial charge in [-0.05, 0) is 6.92 Å². The summed E-state index contributed by atoms with van der Waals surface area (Å²) in [4.78, 5) is 11.3. The average Bonchev–Trinajstić information content (AvgIpc) is 2.95. The Balaban J connectivity index is 0.000000774. The topological polar surface area (TPSA) is 65.0 Å². The minimum Gasteiger partial charge on any atom is -0.456 e. The number of benzene rings is 1. The molecule has 112 valence electrons. The van der Waals surface area contributed by atoms with Gasteiger partial charge in [-0.1, -0.05) is 30.3 Å². The highest BCUT2D eigenvalue weighted by atomic mass is 16.7. The Hall–Kier alpha value is -1.87. The van der Waals surface area contributed by atoms with Gasteiger partial charge >= 0.3 is 5.97 Å². The van der Waals surface area contributed by atoms with Crippen LogP contribution in [0, 0.1) is 12.8 Å². The van der Waals surface area contributed by atoms with E-state index in [2.05, 4.69) is 12.8 Å². The quantitative estimate of drug-likeness (QED) is 0.518. The fourth-order valence-electron chi connectivity index (χ4n) is 2.63. The number of aliphatic hydroxyl groups excluding tert-OH is 1. The predicted octanol–water partition coefficient (Wildman–Crippen LogP) is 1.42. The molecule has 1 aromatic carbocycles. The van der Waals surface area contributed by atoms with E-state index in [9.17, 15) is 9.90 Å². The van der Waals surface area contributed by atoms with E-state index < -0.39 is 24.1 Å². The Morgan fingerprint density at radius 2 is 2.05 bits per heavy atom. The number of carbonyl (C=O) groups excluding carboxylic acids is 1. The number of carbonyl (C=O) groups is 1. The number of terminal acetylenes is 1. The monoisotopic (exact) mass is 290 g/mol. The van der Waals surface area contributed by atoms with Crippen LogP contribution in [0.15, 0.2) is 30.3 Å². The van der Waals surface area contributed by atoms with Crippen LogP contribution in [-0.2, 0) is 19.0 Å². The molecule has 0 spiro atoms. The summed E-state index contributed by atoms with van der Waals surface area (Å²) in [6.45, 7) is 2.15. The van der Waals surface area contributed by atoms with E-state index in [1.165, 1.54) is 0 Å². The summed E-state index contributed by atoms with van der Waals surface area (Å²) in [5.41, 5.74) is 0.0402. The Labute approximate surface area is 123 Å². The number of fused-ring (bicyclic) bond motifs is 1. The molecule has 0 aromatic heterocycles. The zero-order valence-electron chi connectivity index (χ0n) is 11.8. The van der Waals surface area contributed by atoms with Crippen molar-refractivity contribution in [3.05, 3.63) is 35.9 Å². The maximum atomic E-state index is 11.3. The van der Waals surface area contributed by atoms with Crippen molar-refractivity contribution in [1.82, 2.24) is 0 Å². The summed E-state index contributed by atoms with van der Waals surface area (Å²) in [6, 6.07) is 9.07. The Bertz CT molecular complexity index is 512. The van der Waals surface area contributed by atoms with Crippen molar-refractivity contribution < 1.29 is 24.1 Å². The summed E-state index contributed by atoms with van der Waals surface area (Å²) in [7, 11) is 0. The third kappa shape index (κ3) is 3.08. The second-order valence-electron chi connectivity index (χ2n) is 5.15. The molecule has 2 aliphatic rings. The van der Waals surface area contributed by atoms with E-state index in [1.807, 2.05) is 25.1 Å². The molecule has 2 saturated heterocycles. The Morgan fingerprint density at radius 3 is 2.71 bits per heavy atom. The van der Waals surface area contributed by atoms with Crippen molar-refractivity contribution in [3.63, 3.8) is 0 Å². The lowest BCUT2D eigenvalue weighted by Crippen LogP contribution is -2.38. The molecule has 1 N–H and O–H groups in total. The van der Waals surface area contributed by atoms with Gasteiger partial charge in [-0.3, -0.25) is 4.79 Å². The molecule has 4 atom stereocenters. The van der Waals surface area contributed by atoms with E-state index >= 15 is 0 Å². The van der Waals surface area contributed by atoms with Crippen LogP contribution in [0.3, 0.4) is 0 Å². The summed E-state index contributed by atoms with van der Waals surface area (Å²) in [5.74, 6) is -0.282. The molecule has 2 aliphatic heterocycles. The number of rotatable bonds is 3. The van der Waals surface area contributed by atoms with Crippen molar-refractivity contribution in [1.29, 1.82) is 0 Å². The van der Waals surface area contributed by atoms with Gasteiger partial charge < -0.3 is 19.3 Å². The van der Waals surface area contributed by atoms with Crippen LogP contribution in [0.25, 0.3) is 0 Å². The summed E-state index contributed by atoms with van der Waals surface area (Å²) in [5, 5.41) is 10.0. The smallest absolute Gasteiger partial charge is 0.309 e. The zero-order chi connectivity index (χ0) is 15.5. The molecule has 2 heterocycles. The van der Waals surface area contributed by atoms with Crippen LogP contribution in [0.1, 0.15) is 25.2 Å². The molecule has 1 unspecified atom stereocenters. The van der Waals surface area contributed by atoms with Crippen LogP contribution < -0.4 is 0 Å². The van der Waals surface area contributed by atoms with E-state index in [4.69, 9.17) is 14.2 Å². The van der Waals surface area contributed by atoms with Crippen molar-refractivity contribution in [2.24, 2.45) is 0 Å². The SMILES string of the molecule is C#C.C[C@@]12CC(=O)O[C@@H]1[C@@H](OC(O)c1ccccc1)CO2. The lowest BCUT2D eigenvalue weighted by molar-refractivity contribution is -0.172. The van der Waals surface area contributed by atoms with E-state index in [-0.39, 0.29) is 12.4 Å². The lowest BCUT2D eigenvalue weighted by atomic mass is 9.97. The van der Waals surface area contributed by atoms with Gasteiger partial charge in [0.25, 0.3) is 0 Å². The molecule has 0 aliphatic carbocycles. The van der Waals surface area contributed by atoms with Gasteiger partial charge in [0.1, 0.15) is 11.7 Å². The molecule has 1 aromatic rings. The van der Waals surface area contributed by atoms with Crippen LogP contribution in [-0.4, -0.2) is 35.5 Å². The molecular weight excluding hydrogens is 272 g/mol. The van der Waals surface area contributed by atoms with Crippen molar-refractivity contribution in [2.75, 3.05) is 6.61 Å². The first kappa shape index (κ1) is 15.5. The summed E-state index contributed by atoms with van der Waals surface area (Å²) < 4.78 is 16.4. The highest BCUT2D eigenvalue weighted by Gasteiger charge is 2.56. The largest absolute Gasteiger partial charge is 0.456 e. The minimum absolute atomic E-state index is 0.235. The van der Waals surface area contributed by atoms with E-state index in [0.717, 1.165) is 0 Å². The molecule has 3 rings (SSSR count). The van der Waals surface area contributed by atoms with Gasteiger partial charge in [-0.2, -0.15) is 0 Å². The fourth-order valence-corrected chi connectivity index (χ4v) is 2.63. The van der Waals surface area contributed by atoms with Gasteiger partial charge in [-0.25, -0.2) is 0 Å².